The highest BCUT2D eigenvalue weighted by Crippen LogP contribution is 2.23. The van der Waals surface area contributed by atoms with Crippen molar-refractivity contribution in [1.82, 2.24) is 0 Å². The second-order valence-corrected chi connectivity index (χ2v) is 9.09. The number of benzene rings is 1. The zero-order chi connectivity index (χ0) is 15.5. The molecular weight excluding hydrogens is 326 g/mol. The number of aryl methyl sites for hydroxylation is 1. The highest BCUT2D eigenvalue weighted by Gasteiger charge is 2.19. The average Bonchev–Trinajstić information content (AvgIpc) is 2.93. The first-order valence-electron chi connectivity index (χ1n) is 5.94. The minimum absolute atomic E-state index is 0.00952. The quantitative estimate of drug-likeness (QED) is 0.806. The van der Waals surface area contributed by atoms with Crippen molar-refractivity contribution in [2.45, 2.75) is 23.0 Å². The monoisotopic (exact) mass is 339 g/mol. The molecule has 0 aliphatic carbocycles. The van der Waals surface area contributed by atoms with Gasteiger partial charge in [-0.1, -0.05) is 33.5 Å². The molecule has 0 spiro atoms. The molecule has 0 saturated heterocycles. The molecule has 0 fully saturated rings. The maximum atomic E-state index is 12.8. The fraction of sp³-hybridized carbons (Fsp3) is 0.143. The lowest BCUT2D eigenvalue weighted by atomic mass is 10.2. The SMILES string of the molecule is CC#CS(=O)(=NS(=O)(=O)c1ccc(C)cc1)c1cccs1. The second-order valence-electron chi connectivity index (χ2n) is 4.17. The average molecular weight is 339 g/mol. The lowest BCUT2D eigenvalue weighted by Gasteiger charge is -2.02. The van der Waals surface area contributed by atoms with Crippen molar-refractivity contribution in [3.8, 4) is 11.2 Å². The molecule has 0 amide bonds. The lowest BCUT2D eigenvalue weighted by Crippen LogP contribution is -2.03. The van der Waals surface area contributed by atoms with E-state index in [4.69, 9.17) is 0 Å². The summed E-state index contributed by atoms with van der Waals surface area (Å²) in [4.78, 5) is 0.00952. The van der Waals surface area contributed by atoms with Crippen molar-refractivity contribution < 1.29 is 12.6 Å². The van der Waals surface area contributed by atoms with E-state index in [1.165, 1.54) is 30.4 Å². The molecule has 0 aliphatic rings. The van der Waals surface area contributed by atoms with Gasteiger partial charge in [-0.2, -0.15) is 8.42 Å². The van der Waals surface area contributed by atoms with E-state index in [9.17, 15) is 12.6 Å². The van der Waals surface area contributed by atoms with Crippen LogP contribution in [0.25, 0.3) is 0 Å². The van der Waals surface area contributed by atoms with Gasteiger partial charge in [-0.05, 0) is 37.4 Å². The van der Waals surface area contributed by atoms with Gasteiger partial charge in [-0.25, -0.2) is 4.21 Å². The first-order chi connectivity index (χ1) is 9.87. The maximum absolute atomic E-state index is 12.8. The van der Waals surface area contributed by atoms with E-state index in [0.29, 0.717) is 4.21 Å². The second kappa shape index (κ2) is 6.02. The number of hydrogen-bond acceptors (Lipinski definition) is 4. The number of sulfonamides is 1. The molecule has 1 aromatic heterocycles. The van der Waals surface area contributed by atoms with Crippen LogP contribution < -0.4 is 0 Å². The van der Waals surface area contributed by atoms with E-state index in [1.54, 1.807) is 29.6 Å². The Bertz CT molecular complexity index is 906. The molecule has 7 heteroatoms. The smallest absolute Gasteiger partial charge is 0.230 e. The molecule has 0 N–H and O–H groups in total. The fourth-order valence-corrected chi connectivity index (χ4v) is 6.11. The van der Waals surface area contributed by atoms with Crippen molar-refractivity contribution in [3.63, 3.8) is 0 Å². The van der Waals surface area contributed by atoms with Gasteiger partial charge in [-0.15, -0.1) is 11.3 Å². The number of thiophene rings is 1. The van der Waals surface area contributed by atoms with Gasteiger partial charge in [0, 0.05) is 5.25 Å². The van der Waals surface area contributed by atoms with Gasteiger partial charge in [0.2, 0.25) is 0 Å². The first-order valence-corrected chi connectivity index (χ1v) is 9.78. The molecule has 2 aromatic rings. The van der Waals surface area contributed by atoms with Crippen LogP contribution in [0.4, 0.5) is 0 Å². The van der Waals surface area contributed by atoms with Crippen molar-refractivity contribution in [3.05, 3.63) is 47.3 Å². The van der Waals surface area contributed by atoms with Crippen molar-refractivity contribution in [2.75, 3.05) is 0 Å². The molecule has 1 atom stereocenters. The summed E-state index contributed by atoms with van der Waals surface area (Å²) in [6.07, 6.45) is 0. The normalized spacial score (nSPS) is 13.8. The van der Waals surface area contributed by atoms with Crippen LogP contribution in [0.1, 0.15) is 12.5 Å². The van der Waals surface area contributed by atoms with E-state index < -0.39 is 19.8 Å². The Morgan fingerprint density at radius 2 is 1.76 bits per heavy atom. The summed E-state index contributed by atoms with van der Waals surface area (Å²) in [6, 6.07) is 9.49. The standard InChI is InChI=1S/C14H13NO3S3/c1-3-11-20(16,14-5-4-10-19-14)15-21(17,18)13-8-6-12(2)7-9-13/h4-10H,1-2H3. The highest BCUT2D eigenvalue weighted by molar-refractivity contribution is 8.07. The van der Waals surface area contributed by atoms with E-state index >= 15 is 0 Å². The van der Waals surface area contributed by atoms with Gasteiger partial charge in [0.1, 0.15) is 4.21 Å². The number of rotatable bonds is 3. The summed E-state index contributed by atoms with van der Waals surface area (Å²) in [5, 5.41) is 4.15. The maximum Gasteiger partial charge on any atom is 0.291 e. The van der Waals surface area contributed by atoms with Gasteiger partial charge in [-0.3, -0.25) is 0 Å². The molecule has 0 bridgehead atoms. The van der Waals surface area contributed by atoms with E-state index in [0.717, 1.165) is 5.56 Å². The summed E-state index contributed by atoms with van der Waals surface area (Å²) in [5.74, 6) is 2.50. The van der Waals surface area contributed by atoms with Crippen LogP contribution in [0.5, 0.6) is 0 Å². The molecule has 0 aliphatic heterocycles. The molecular formula is C14H13NO3S3. The van der Waals surface area contributed by atoms with Crippen LogP contribution in [-0.2, 0) is 19.8 Å². The van der Waals surface area contributed by atoms with E-state index in [-0.39, 0.29) is 4.90 Å². The molecule has 2 rings (SSSR count). The lowest BCUT2D eigenvalue weighted by molar-refractivity contribution is 0.598. The van der Waals surface area contributed by atoms with Crippen LogP contribution in [-0.4, -0.2) is 12.6 Å². The summed E-state index contributed by atoms with van der Waals surface area (Å²) in [7, 11) is -7.33. The molecule has 0 saturated carbocycles. The third kappa shape index (κ3) is 3.53. The topological polar surface area (TPSA) is 63.6 Å². The van der Waals surface area contributed by atoms with Crippen LogP contribution in [0.3, 0.4) is 0 Å². The molecule has 1 aromatic carbocycles. The van der Waals surface area contributed by atoms with Gasteiger partial charge >= 0.3 is 0 Å². The molecule has 1 heterocycles. The summed E-state index contributed by atoms with van der Waals surface area (Å²) < 4.78 is 41.4. The van der Waals surface area contributed by atoms with E-state index in [1.807, 2.05) is 6.92 Å². The fourth-order valence-electron chi connectivity index (χ4n) is 1.56. The first kappa shape index (κ1) is 15.8. The minimum Gasteiger partial charge on any atom is -0.230 e. The van der Waals surface area contributed by atoms with Crippen LogP contribution in [0, 0.1) is 18.1 Å². The van der Waals surface area contributed by atoms with Crippen LogP contribution in [0.2, 0.25) is 0 Å². The van der Waals surface area contributed by atoms with Crippen LogP contribution in [0.15, 0.2) is 54.7 Å². The molecule has 0 radical (unpaired) electrons. The summed E-state index contributed by atoms with van der Waals surface area (Å²) in [6.45, 7) is 3.35. The zero-order valence-corrected chi connectivity index (χ0v) is 13.9. The Morgan fingerprint density at radius 3 is 2.29 bits per heavy atom. The van der Waals surface area contributed by atoms with Gasteiger partial charge in [0.25, 0.3) is 10.0 Å². The highest BCUT2D eigenvalue weighted by atomic mass is 32.3. The van der Waals surface area contributed by atoms with Crippen molar-refractivity contribution >= 4 is 31.1 Å². The Morgan fingerprint density at radius 1 is 1.10 bits per heavy atom. The minimum atomic E-state index is -4.03. The summed E-state index contributed by atoms with van der Waals surface area (Å²) in [5.41, 5.74) is 0.932. The van der Waals surface area contributed by atoms with Crippen LogP contribution >= 0.6 is 11.3 Å². The Labute approximate surface area is 129 Å². The predicted octanol–water partition coefficient (Wildman–Crippen LogP) is 3.25. The third-order valence-corrected chi connectivity index (χ3v) is 7.81. The van der Waals surface area contributed by atoms with E-state index in [2.05, 4.69) is 14.9 Å². The van der Waals surface area contributed by atoms with Gasteiger partial charge in [0.05, 0.1) is 4.90 Å². The molecule has 4 nitrogen and oxygen atoms in total. The Hall–Kier alpha value is -1.62. The van der Waals surface area contributed by atoms with Gasteiger partial charge < -0.3 is 0 Å². The van der Waals surface area contributed by atoms with Crippen molar-refractivity contribution in [2.24, 2.45) is 3.77 Å². The molecule has 21 heavy (non-hydrogen) atoms. The number of nitrogens with zero attached hydrogens (tertiary/aromatic N) is 1. The van der Waals surface area contributed by atoms with Gasteiger partial charge in [0.15, 0.2) is 9.73 Å². The predicted molar refractivity (Wildman–Crippen MR) is 85.0 cm³/mol. The number of hydrogen-bond donors (Lipinski definition) is 0. The van der Waals surface area contributed by atoms with Crippen molar-refractivity contribution in [1.29, 1.82) is 0 Å². The molecule has 110 valence electrons. The third-order valence-electron chi connectivity index (χ3n) is 2.53. The Kier molecular flexibility index (Phi) is 4.52. The molecule has 1 unspecified atom stereocenters. The summed E-state index contributed by atoms with van der Waals surface area (Å²) >= 11 is 1.17. The zero-order valence-electron chi connectivity index (χ0n) is 11.4. The largest absolute Gasteiger partial charge is 0.291 e. The Balaban J connectivity index is 2.65.